The van der Waals surface area contributed by atoms with Gasteiger partial charge < -0.3 is 11.1 Å². The van der Waals surface area contributed by atoms with E-state index in [0.717, 1.165) is 15.7 Å². The molecule has 1 heterocycles. The summed E-state index contributed by atoms with van der Waals surface area (Å²) in [7, 11) is 0. The van der Waals surface area contributed by atoms with Gasteiger partial charge in [0.25, 0.3) is 0 Å². The van der Waals surface area contributed by atoms with Crippen molar-refractivity contribution in [3.8, 4) is 0 Å². The fourth-order valence-corrected chi connectivity index (χ4v) is 4.67. The third-order valence-electron chi connectivity index (χ3n) is 3.83. The Hall–Kier alpha value is -0.520. The Morgan fingerprint density at radius 3 is 2.74 bits per heavy atom. The number of nitrogens with two attached hydrogens (primary N) is 1. The van der Waals surface area contributed by atoms with Crippen LogP contribution < -0.4 is 11.1 Å². The molecular formula is C14H17BrN2OS. The molecule has 0 bridgehead atoms. The van der Waals surface area contributed by atoms with Crippen LogP contribution in [0.5, 0.6) is 0 Å². The number of anilines is 1. The lowest BCUT2D eigenvalue weighted by Gasteiger charge is -2.21. The summed E-state index contributed by atoms with van der Waals surface area (Å²) in [5.41, 5.74) is 7.62. The molecule has 3 nitrogen and oxygen atoms in total. The third-order valence-corrected chi connectivity index (χ3v) is 6.14. The van der Waals surface area contributed by atoms with Crippen molar-refractivity contribution in [2.45, 2.75) is 48.3 Å². The molecule has 1 saturated carbocycles. The number of carbonyl (C=O) groups excluding carboxylic acids is 1. The molecule has 1 unspecified atom stereocenters. The van der Waals surface area contributed by atoms with Crippen LogP contribution in [0.25, 0.3) is 0 Å². The molecule has 0 spiro atoms. The lowest BCUT2D eigenvalue weighted by molar-refractivity contribution is -0.116. The zero-order chi connectivity index (χ0) is 13.4. The van der Waals surface area contributed by atoms with E-state index >= 15 is 0 Å². The molecular weight excluding hydrogens is 324 g/mol. The molecule has 1 aliphatic carbocycles. The highest BCUT2D eigenvalue weighted by molar-refractivity contribution is 9.10. The predicted octanol–water partition coefficient (Wildman–Crippen LogP) is 3.83. The second-order valence-electron chi connectivity index (χ2n) is 5.21. The molecule has 1 aliphatic heterocycles. The van der Waals surface area contributed by atoms with Crippen LogP contribution in [-0.2, 0) is 4.79 Å². The summed E-state index contributed by atoms with van der Waals surface area (Å²) in [6, 6.07) is 3.52. The number of nitrogens with one attached hydrogen (secondary N) is 1. The molecule has 1 atom stereocenters. The van der Waals surface area contributed by atoms with Crippen molar-refractivity contribution < 1.29 is 4.79 Å². The lowest BCUT2D eigenvalue weighted by Crippen LogP contribution is -2.19. The molecule has 1 fully saturated rings. The Kier molecular flexibility index (Phi) is 3.87. The van der Waals surface area contributed by atoms with Crippen molar-refractivity contribution >= 4 is 39.3 Å². The number of benzene rings is 1. The Morgan fingerprint density at radius 2 is 2.00 bits per heavy atom. The van der Waals surface area contributed by atoms with Crippen LogP contribution in [0, 0.1) is 0 Å². The highest BCUT2D eigenvalue weighted by Gasteiger charge is 2.28. The maximum atomic E-state index is 11.6. The number of halogens is 1. The Labute approximate surface area is 125 Å². The molecule has 3 rings (SSSR count). The Balaban J connectivity index is 1.83. The standard InChI is InChI=1S/C14H17BrN2OS/c15-10-6-9-11(17-14(18)13(9)16)7-12(10)19-8-4-2-1-3-5-8/h6-8,13H,1-5,16H2,(H,17,18). The fourth-order valence-electron chi connectivity index (χ4n) is 2.74. The van der Waals surface area contributed by atoms with Gasteiger partial charge in [-0.05, 0) is 40.9 Å². The summed E-state index contributed by atoms with van der Waals surface area (Å²) in [6.07, 6.45) is 6.62. The van der Waals surface area contributed by atoms with Crippen molar-refractivity contribution in [1.29, 1.82) is 0 Å². The maximum absolute atomic E-state index is 11.6. The van der Waals surface area contributed by atoms with Gasteiger partial charge in [0.15, 0.2) is 0 Å². The summed E-state index contributed by atoms with van der Waals surface area (Å²) in [4.78, 5) is 12.8. The molecule has 5 heteroatoms. The van der Waals surface area contributed by atoms with E-state index in [1.165, 1.54) is 37.0 Å². The van der Waals surface area contributed by atoms with E-state index in [9.17, 15) is 4.79 Å². The van der Waals surface area contributed by atoms with E-state index in [4.69, 9.17) is 5.73 Å². The average Bonchev–Trinajstić information content (AvgIpc) is 2.67. The Bertz CT molecular complexity index is 514. The predicted molar refractivity (Wildman–Crippen MR) is 82.4 cm³/mol. The van der Waals surface area contributed by atoms with Gasteiger partial charge in [-0.3, -0.25) is 4.79 Å². The monoisotopic (exact) mass is 340 g/mol. The summed E-state index contributed by atoms with van der Waals surface area (Å²) in [6.45, 7) is 0. The molecule has 0 radical (unpaired) electrons. The van der Waals surface area contributed by atoms with Gasteiger partial charge in [0.2, 0.25) is 5.91 Å². The summed E-state index contributed by atoms with van der Waals surface area (Å²) >= 11 is 5.53. The number of rotatable bonds is 2. The van der Waals surface area contributed by atoms with Gasteiger partial charge >= 0.3 is 0 Å². The minimum Gasteiger partial charge on any atom is -0.324 e. The SMILES string of the molecule is NC1C(=O)Nc2cc(SC3CCCCC3)c(Br)cc21. The van der Waals surface area contributed by atoms with E-state index in [1.807, 2.05) is 17.8 Å². The first-order chi connectivity index (χ1) is 9.15. The van der Waals surface area contributed by atoms with E-state index < -0.39 is 6.04 Å². The largest absolute Gasteiger partial charge is 0.324 e. The number of amides is 1. The normalized spacial score (nSPS) is 23.3. The fraction of sp³-hybridized carbons (Fsp3) is 0.500. The van der Waals surface area contributed by atoms with Gasteiger partial charge in [-0.2, -0.15) is 0 Å². The van der Waals surface area contributed by atoms with Crippen molar-refractivity contribution in [3.05, 3.63) is 22.2 Å². The Morgan fingerprint density at radius 1 is 1.26 bits per heavy atom. The zero-order valence-corrected chi connectivity index (χ0v) is 13.0. The van der Waals surface area contributed by atoms with E-state index in [1.54, 1.807) is 0 Å². The minimum absolute atomic E-state index is 0.110. The zero-order valence-electron chi connectivity index (χ0n) is 10.6. The van der Waals surface area contributed by atoms with Gasteiger partial charge in [0.05, 0.1) is 0 Å². The molecule has 3 N–H and O–H groups in total. The summed E-state index contributed by atoms with van der Waals surface area (Å²) in [5, 5.41) is 3.56. The smallest absolute Gasteiger partial charge is 0.245 e. The molecule has 0 saturated heterocycles. The molecule has 19 heavy (non-hydrogen) atoms. The first-order valence-corrected chi connectivity index (χ1v) is 8.39. The van der Waals surface area contributed by atoms with E-state index in [2.05, 4.69) is 27.3 Å². The highest BCUT2D eigenvalue weighted by atomic mass is 79.9. The lowest BCUT2D eigenvalue weighted by atomic mass is 10.0. The van der Waals surface area contributed by atoms with Gasteiger partial charge in [0, 0.05) is 25.9 Å². The van der Waals surface area contributed by atoms with Crippen LogP contribution in [0.3, 0.4) is 0 Å². The second kappa shape index (κ2) is 5.46. The number of hydrogen-bond acceptors (Lipinski definition) is 3. The topological polar surface area (TPSA) is 55.1 Å². The molecule has 1 amide bonds. The van der Waals surface area contributed by atoms with Crippen LogP contribution in [-0.4, -0.2) is 11.2 Å². The van der Waals surface area contributed by atoms with Crippen LogP contribution >= 0.6 is 27.7 Å². The van der Waals surface area contributed by atoms with Gasteiger partial charge in [-0.25, -0.2) is 0 Å². The van der Waals surface area contributed by atoms with Crippen LogP contribution in [0.15, 0.2) is 21.5 Å². The maximum Gasteiger partial charge on any atom is 0.245 e. The molecule has 1 aromatic carbocycles. The first kappa shape index (κ1) is 13.5. The van der Waals surface area contributed by atoms with Crippen LogP contribution in [0.2, 0.25) is 0 Å². The molecule has 0 aromatic heterocycles. The third kappa shape index (κ3) is 2.69. The first-order valence-electron chi connectivity index (χ1n) is 6.71. The molecule has 102 valence electrons. The summed E-state index contributed by atoms with van der Waals surface area (Å²) in [5.74, 6) is -0.110. The minimum atomic E-state index is -0.528. The van der Waals surface area contributed by atoms with Crippen molar-refractivity contribution in [2.24, 2.45) is 5.73 Å². The van der Waals surface area contributed by atoms with Crippen molar-refractivity contribution in [2.75, 3.05) is 5.32 Å². The van der Waals surface area contributed by atoms with Gasteiger partial charge in [-0.15, -0.1) is 11.8 Å². The molecule has 1 aromatic rings. The number of fused-ring (bicyclic) bond motifs is 1. The van der Waals surface area contributed by atoms with Gasteiger partial charge in [0.1, 0.15) is 6.04 Å². The highest BCUT2D eigenvalue weighted by Crippen LogP contribution is 2.42. The van der Waals surface area contributed by atoms with Crippen molar-refractivity contribution in [3.63, 3.8) is 0 Å². The number of carbonyl (C=O) groups is 1. The molecule has 2 aliphatic rings. The summed E-state index contributed by atoms with van der Waals surface area (Å²) < 4.78 is 1.05. The van der Waals surface area contributed by atoms with Crippen LogP contribution in [0.4, 0.5) is 5.69 Å². The van der Waals surface area contributed by atoms with E-state index in [-0.39, 0.29) is 5.91 Å². The second-order valence-corrected chi connectivity index (χ2v) is 7.41. The number of thioether (sulfide) groups is 1. The quantitative estimate of drug-likeness (QED) is 0.860. The van der Waals surface area contributed by atoms with Crippen molar-refractivity contribution in [1.82, 2.24) is 0 Å². The van der Waals surface area contributed by atoms with E-state index in [0.29, 0.717) is 5.25 Å². The average molecular weight is 341 g/mol. The number of hydrogen-bond donors (Lipinski definition) is 2. The van der Waals surface area contributed by atoms with Gasteiger partial charge in [-0.1, -0.05) is 19.3 Å². The van der Waals surface area contributed by atoms with Crippen LogP contribution in [0.1, 0.15) is 43.7 Å².